The van der Waals surface area contributed by atoms with Crippen molar-refractivity contribution in [2.24, 2.45) is 10.9 Å². The number of thioether (sulfide) groups is 1. The maximum atomic E-state index is 13.5. The van der Waals surface area contributed by atoms with Gasteiger partial charge in [0.1, 0.15) is 11.5 Å². The summed E-state index contributed by atoms with van der Waals surface area (Å²) in [5.74, 6) is -0.0195. The van der Waals surface area contributed by atoms with Crippen LogP contribution in [0.5, 0.6) is 11.5 Å². The van der Waals surface area contributed by atoms with E-state index >= 15 is 0 Å². The van der Waals surface area contributed by atoms with Crippen LogP contribution in [0.1, 0.15) is 51.1 Å². The van der Waals surface area contributed by atoms with E-state index in [0.29, 0.717) is 66.2 Å². The predicted molar refractivity (Wildman–Crippen MR) is 147 cm³/mol. The van der Waals surface area contributed by atoms with Gasteiger partial charge >= 0.3 is 11.9 Å². The maximum Gasteiger partial charge on any atom is 0.338 e. The Morgan fingerprint density at radius 2 is 1.79 bits per heavy atom. The Labute approximate surface area is 233 Å². The Morgan fingerprint density at radius 3 is 2.41 bits per heavy atom. The monoisotopic (exact) mass is 557 g/mol. The summed E-state index contributed by atoms with van der Waals surface area (Å²) in [5, 5.41) is 2.58. The van der Waals surface area contributed by atoms with Crippen LogP contribution in [-0.4, -0.2) is 73.8 Å². The van der Waals surface area contributed by atoms with Crippen LogP contribution in [0.3, 0.4) is 0 Å². The van der Waals surface area contributed by atoms with Crippen LogP contribution in [0.2, 0.25) is 0 Å². The van der Waals surface area contributed by atoms with Gasteiger partial charge in [-0.25, -0.2) is 9.79 Å². The van der Waals surface area contributed by atoms with Crippen molar-refractivity contribution >= 4 is 34.8 Å². The summed E-state index contributed by atoms with van der Waals surface area (Å²) in [6, 6.07) is 4.86. The Balaban J connectivity index is 1.68. The molecule has 1 fully saturated rings. The Hall–Kier alpha value is -3.47. The molecule has 0 radical (unpaired) electrons. The predicted octanol–water partition coefficient (Wildman–Crippen LogP) is 4.03. The zero-order chi connectivity index (χ0) is 28.1. The number of amidine groups is 1. The second-order valence-corrected chi connectivity index (χ2v) is 10.2. The number of methoxy groups -OCH3 is 3. The van der Waals surface area contributed by atoms with Crippen molar-refractivity contribution in [3.05, 3.63) is 46.1 Å². The molecular formula is C28H35N3O7S. The number of fused-ring (bicyclic) bond motifs is 1. The van der Waals surface area contributed by atoms with Gasteiger partial charge < -0.3 is 28.7 Å². The number of likely N-dealkylation sites (tertiary alicyclic amines) is 1. The van der Waals surface area contributed by atoms with Crippen LogP contribution < -0.4 is 9.47 Å². The fourth-order valence-corrected chi connectivity index (χ4v) is 6.08. The summed E-state index contributed by atoms with van der Waals surface area (Å²) in [7, 11) is 4.48. The Bertz CT molecular complexity index is 1200. The number of hydrogen-bond acceptors (Lipinski definition) is 10. The number of esters is 2. The largest absolute Gasteiger partial charge is 0.497 e. The average Bonchev–Trinajstić information content (AvgIpc) is 3.37. The summed E-state index contributed by atoms with van der Waals surface area (Å²) >= 11 is 1.41. The maximum absolute atomic E-state index is 13.5. The number of carbonyl (C=O) groups is 3. The molecule has 0 saturated carbocycles. The minimum Gasteiger partial charge on any atom is -0.497 e. The number of hydrogen-bond donors (Lipinski definition) is 0. The summed E-state index contributed by atoms with van der Waals surface area (Å²) in [6.45, 7) is 4.95. The second kappa shape index (κ2) is 12.6. The highest BCUT2D eigenvalue weighted by atomic mass is 32.2. The lowest BCUT2D eigenvalue weighted by Crippen LogP contribution is -2.44. The van der Waals surface area contributed by atoms with E-state index in [0.717, 1.165) is 12.0 Å². The number of amides is 1. The first-order valence-electron chi connectivity index (χ1n) is 13.1. The molecule has 0 spiro atoms. The van der Waals surface area contributed by atoms with Gasteiger partial charge in [0, 0.05) is 24.9 Å². The molecule has 0 aliphatic carbocycles. The first-order chi connectivity index (χ1) is 18.8. The Kier molecular flexibility index (Phi) is 9.21. The zero-order valence-electron chi connectivity index (χ0n) is 23.0. The smallest absolute Gasteiger partial charge is 0.338 e. The van der Waals surface area contributed by atoms with Gasteiger partial charge in [0.2, 0.25) is 5.91 Å². The fraction of sp³-hybridized carbons (Fsp3) is 0.500. The molecule has 0 aromatic heterocycles. The summed E-state index contributed by atoms with van der Waals surface area (Å²) in [5.41, 5.74) is 2.48. The summed E-state index contributed by atoms with van der Waals surface area (Å²) in [6.07, 6.45) is 2.06. The van der Waals surface area contributed by atoms with Crippen LogP contribution in [0.4, 0.5) is 0 Å². The number of nitrogens with zero attached hydrogens (tertiary/aromatic N) is 3. The van der Waals surface area contributed by atoms with Crippen LogP contribution in [0, 0.1) is 5.92 Å². The lowest BCUT2D eigenvalue weighted by molar-refractivity contribution is -0.151. The fourth-order valence-electron chi connectivity index (χ4n) is 5.14. The molecule has 4 rings (SSSR count). The molecule has 0 unspecified atom stereocenters. The van der Waals surface area contributed by atoms with E-state index in [4.69, 9.17) is 23.9 Å². The minimum atomic E-state index is -0.605. The third kappa shape index (κ3) is 5.93. The number of piperidine rings is 1. The third-order valence-corrected chi connectivity index (χ3v) is 7.93. The standard InChI is InChI=1S/C28H35N3O7S/c1-6-22-24(27(34)37-5)25(18-11-20(35-3)14-21(12-18)36-4)31-19(16-39-28(31)29-22)13-23(32)30-10-8-9-17(15-30)26(33)38-7-2/h11-12,14,16-17,25H,6-10,13,15H2,1-5H3/t17-,25+/m0/s1. The molecule has 3 heterocycles. The molecule has 3 aliphatic heterocycles. The molecule has 0 bridgehead atoms. The van der Waals surface area contributed by atoms with Gasteiger partial charge in [0.15, 0.2) is 5.17 Å². The van der Waals surface area contributed by atoms with Gasteiger partial charge in [0.05, 0.1) is 57.6 Å². The van der Waals surface area contributed by atoms with E-state index in [9.17, 15) is 14.4 Å². The number of benzene rings is 1. The zero-order valence-corrected chi connectivity index (χ0v) is 23.8. The molecule has 39 heavy (non-hydrogen) atoms. The van der Waals surface area contributed by atoms with Crippen molar-refractivity contribution in [2.75, 3.05) is 41.0 Å². The molecule has 1 aromatic rings. The highest BCUT2D eigenvalue weighted by molar-refractivity contribution is 8.16. The normalized spacial score (nSPS) is 20.6. The third-order valence-electron chi connectivity index (χ3n) is 7.05. The van der Waals surface area contributed by atoms with E-state index in [2.05, 4.69) is 0 Å². The second-order valence-electron chi connectivity index (χ2n) is 9.35. The van der Waals surface area contributed by atoms with Crippen molar-refractivity contribution < 1.29 is 33.3 Å². The molecule has 11 heteroatoms. The summed E-state index contributed by atoms with van der Waals surface area (Å²) < 4.78 is 21.4. The van der Waals surface area contributed by atoms with Gasteiger partial charge in [-0.1, -0.05) is 18.7 Å². The SMILES string of the molecule is CCOC(=O)[C@H]1CCCN(C(=O)CC2=CSC3=NC(CC)=C(C(=O)OC)[C@@H](c4cc(OC)cc(OC)c4)N23)C1. The van der Waals surface area contributed by atoms with Crippen molar-refractivity contribution in [1.29, 1.82) is 0 Å². The van der Waals surface area contributed by atoms with Gasteiger partial charge in [-0.3, -0.25) is 9.59 Å². The van der Waals surface area contributed by atoms with Crippen LogP contribution in [0.25, 0.3) is 0 Å². The quantitative estimate of drug-likeness (QED) is 0.416. The van der Waals surface area contributed by atoms with E-state index < -0.39 is 12.0 Å². The van der Waals surface area contributed by atoms with Crippen molar-refractivity contribution in [3.63, 3.8) is 0 Å². The lowest BCUT2D eigenvalue weighted by Gasteiger charge is -2.37. The lowest BCUT2D eigenvalue weighted by atomic mass is 9.92. The summed E-state index contributed by atoms with van der Waals surface area (Å²) in [4.78, 5) is 47.4. The number of aliphatic imine (C=N–C) groups is 1. The molecule has 0 N–H and O–H groups in total. The highest BCUT2D eigenvalue weighted by Gasteiger charge is 2.42. The van der Waals surface area contributed by atoms with Gasteiger partial charge in [-0.15, -0.1) is 0 Å². The number of ether oxygens (including phenoxy) is 4. The van der Waals surface area contributed by atoms with Crippen molar-refractivity contribution in [2.45, 2.75) is 45.6 Å². The van der Waals surface area contributed by atoms with E-state index in [1.54, 1.807) is 32.1 Å². The molecule has 10 nitrogen and oxygen atoms in total. The molecule has 1 amide bonds. The van der Waals surface area contributed by atoms with Crippen LogP contribution in [0.15, 0.2) is 45.6 Å². The van der Waals surface area contributed by atoms with Gasteiger partial charge in [-0.05, 0) is 49.3 Å². The van der Waals surface area contributed by atoms with Gasteiger partial charge in [0.25, 0.3) is 0 Å². The van der Waals surface area contributed by atoms with Crippen LogP contribution in [-0.2, 0) is 23.9 Å². The topological polar surface area (TPSA) is 107 Å². The van der Waals surface area contributed by atoms with E-state index in [-0.39, 0.29) is 24.2 Å². The van der Waals surface area contributed by atoms with Crippen molar-refractivity contribution in [3.8, 4) is 11.5 Å². The first-order valence-corrected chi connectivity index (χ1v) is 13.9. The molecule has 2 atom stereocenters. The average molecular weight is 558 g/mol. The molecule has 1 aromatic carbocycles. The van der Waals surface area contributed by atoms with E-state index in [1.165, 1.54) is 18.9 Å². The first kappa shape index (κ1) is 28.5. The molecule has 210 valence electrons. The van der Waals surface area contributed by atoms with Gasteiger partial charge in [-0.2, -0.15) is 0 Å². The minimum absolute atomic E-state index is 0.0923. The number of rotatable bonds is 9. The van der Waals surface area contributed by atoms with Crippen LogP contribution >= 0.6 is 11.8 Å². The molecule has 3 aliphatic rings. The van der Waals surface area contributed by atoms with E-state index in [1.807, 2.05) is 29.4 Å². The molecular weight excluding hydrogens is 522 g/mol. The Morgan fingerprint density at radius 1 is 1.08 bits per heavy atom. The highest BCUT2D eigenvalue weighted by Crippen LogP contribution is 2.46. The number of carbonyl (C=O) groups excluding carboxylic acids is 3. The molecule has 1 saturated heterocycles. The van der Waals surface area contributed by atoms with Crippen molar-refractivity contribution in [1.82, 2.24) is 9.80 Å². The number of allylic oxidation sites excluding steroid dienone is 1.